The normalized spacial score (nSPS) is 22.2. The van der Waals surface area contributed by atoms with Crippen molar-refractivity contribution in [3.8, 4) is 11.5 Å². The maximum absolute atomic E-state index is 13.9. The highest BCUT2D eigenvalue weighted by Crippen LogP contribution is 2.51. The molecule has 3 amide bonds. The summed E-state index contributed by atoms with van der Waals surface area (Å²) < 4.78 is 12.2. The molecule has 5 rings (SSSR count). The molecule has 0 spiro atoms. The summed E-state index contributed by atoms with van der Waals surface area (Å²) in [5.41, 5.74) is 3.43. The van der Waals surface area contributed by atoms with Crippen LogP contribution >= 0.6 is 0 Å². The number of rotatable bonds is 6. The van der Waals surface area contributed by atoms with Gasteiger partial charge in [0.05, 0.1) is 13.2 Å². The van der Waals surface area contributed by atoms with E-state index in [-0.39, 0.29) is 11.9 Å². The fourth-order valence-corrected chi connectivity index (χ4v) is 5.37. The summed E-state index contributed by atoms with van der Waals surface area (Å²) in [6.45, 7) is 6.20. The molecule has 2 aliphatic heterocycles. The van der Waals surface area contributed by atoms with Gasteiger partial charge in [-0.1, -0.05) is 60.2 Å². The van der Waals surface area contributed by atoms with E-state index in [0.29, 0.717) is 24.5 Å². The van der Waals surface area contributed by atoms with Crippen molar-refractivity contribution < 1.29 is 19.1 Å². The molecule has 2 heterocycles. The summed E-state index contributed by atoms with van der Waals surface area (Å²) >= 11 is 0. The number of benzene rings is 3. The number of nitrogens with one attached hydrogen (secondary N) is 2. The smallest absolute Gasteiger partial charge is 0.321 e. The highest BCUT2D eigenvalue weighted by molar-refractivity contribution is 5.96. The van der Waals surface area contributed by atoms with Crippen LogP contribution in [0.3, 0.4) is 0 Å². The van der Waals surface area contributed by atoms with Gasteiger partial charge in [0.15, 0.2) is 17.2 Å². The van der Waals surface area contributed by atoms with Gasteiger partial charge in [-0.15, -0.1) is 0 Å². The monoisotopic (exact) mass is 485 g/mol. The SMILES string of the molecule is COc1cccc2c1O[C@@]1(C)[C@H](C(=O)Nc3ccc(C)cc3C)[C@@H]2NC(=O)N1CCc1ccccc1. The summed E-state index contributed by atoms with van der Waals surface area (Å²) in [4.78, 5) is 28.9. The maximum Gasteiger partial charge on any atom is 0.321 e. The molecule has 1 fully saturated rings. The zero-order valence-electron chi connectivity index (χ0n) is 21.0. The molecule has 0 saturated carbocycles. The van der Waals surface area contributed by atoms with Crippen LogP contribution in [0.2, 0.25) is 0 Å². The first-order chi connectivity index (χ1) is 17.3. The zero-order chi connectivity index (χ0) is 25.4. The third-order valence-electron chi connectivity index (χ3n) is 7.23. The Kier molecular flexibility index (Phi) is 6.08. The second-order valence-corrected chi connectivity index (χ2v) is 9.64. The van der Waals surface area contributed by atoms with Crippen molar-refractivity contribution in [2.24, 2.45) is 5.92 Å². The zero-order valence-corrected chi connectivity index (χ0v) is 21.0. The molecule has 0 radical (unpaired) electrons. The summed E-state index contributed by atoms with van der Waals surface area (Å²) in [5, 5.41) is 6.20. The molecule has 0 aromatic heterocycles. The Morgan fingerprint density at radius 3 is 2.61 bits per heavy atom. The van der Waals surface area contributed by atoms with E-state index in [9.17, 15) is 9.59 Å². The highest BCUT2D eigenvalue weighted by Gasteiger charge is 2.60. The molecule has 186 valence electrons. The number of urea groups is 1. The lowest BCUT2D eigenvalue weighted by molar-refractivity contribution is -0.154. The van der Waals surface area contributed by atoms with Crippen LogP contribution in [0.4, 0.5) is 10.5 Å². The average Bonchev–Trinajstić information content (AvgIpc) is 2.85. The molecular formula is C29H31N3O4. The topological polar surface area (TPSA) is 79.9 Å². The number of hydrogen-bond acceptors (Lipinski definition) is 4. The Bertz CT molecular complexity index is 1310. The van der Waals surface area contributed by atoms with Gasteiger partial charge in [-0.2, -0.15) is 0 Å². The van der Waals surface area contributed by atoms with Crippen molar-refractivity contribution in [2.75, 3.05) is 19.0 Å². The first kappa shape index (κ1) is 23.7. The number of carbonyl (C=O) groups excluding carboxylic acids is 2. The van der Waals surface area contributed by atoms with Gasteiger partial charge in [-0.25, -0.2) is 4.79 Å². The molecule has 7 nitrogen and oxygen atoms in total. The van der Waals surface area contributed by atoms with Gasteiger partial charge in [0.2, 0.25) is 5.91 Å². The van der Waals surface area contributed by atoms with Gasteiger partial charge in [0, 0.05) is 17.8 Å². The van der Waals surface area contributed by atoms with Crippen LogP contribution in [-0.4, -0.2) is 36.2 Å². The molecular weight excluding hydrogens is 454 g/mol. The third-order valence-corrected chi connectivity index (χ3v) is 7.23. The van der Waals surface area contributed by atoms with Crippen molar-refractivity contribution in [2.45, 2.75) is 39.0 Å². The minimum absolute atomic E-state index is 0.215. The van der Waals surface area contributed by atoms with Gasteiger partial charge in [0.25, 0.3) is 0 Å². The van der Waals surface area contributed by atoms with E-state index in [0.717, 1.165) is 27.9 Å². The molecule has 2 N–H and O–H groups in total. The Morgan fingerprint density at radius 1 is 1.11 bits per heavy atom. The Labute approximate surface area is 211 Å². The molecule has 0 aliphatic carbocycles. The Hall–Kier alpha value is -4.00. The number of para-hydroxylation sites is 1. The standard InChI is InChI=1S/C29H31N3O4/c1-18-13-14-22(19(2)17-18)30-27(33)24-25-21-11-8-12-23(35-4)26(21)36-29(24,3)32(28(34)31-25)16-15-20-9-6-5-7-10-20/h5-14,17,24-25H,15-16H2,1-4H3,(H,30,33)(H,31,34)/t24-,25+,29-/m0/s1. The van der Waals surface area contributed by atoms with Crippen LogP contribution in [0.5, 0.6) is 11.5 Å². The van der Waals surface area contributed by atoms with E-state index in [4.69, 9.17) is 9.47 Å². The number of amides is 3. The lowest BCUT2D eigenvalue weighted by Crippen LogP contribution is -2.72. The predicted molar refractivity (Wildman–Crippen MR) is 138 cm³/mol. The molecule has 3 aromatic rings. The predicted octanol–water partition coefficient (Wildman–Crippen LogP) is 4.98. The van der Waals surface area contributed by atoms with E-state index < -0.39 is 17.7 Å². The number of hydrogen-bond donors (Lipinski definition) is 2. The van der Waals surface area contributed by atoms with E-state index in [2.05, 4.69) is 10.6 Å². The molecule has 3 aromatic carbocycles. The summed E-state index contributed by atoms with van der Waals surface area (Å²) in [5.74, 6) is 0.197. The van der Waals surface area contributed by atoms with E-state index in [1.54, 1.807) is 12.0 Å². The van der Waals surface area contributed by atoms with Crippen LogP contribution in [0.1, 0.15) is 35.2 Å². The summed E-state index contributed by atoms with van der Waals surface area (Å²) in [6.07, 6.45) is 0.627. The summed E-state index contributed by atoms with van der Waals surface area (Å²) in [7, 11) is 1.59. The molecule has 3 atom stereocenters. The van der Waals surface area contributed by atoms with E-state index >= 15 is 0 Å². The van der Waals surface area contributed by atoms with Crippen molar-refractivity contribution in [1.82, 2.24) is 10.2 Å². The summed E-state index contributed by atoms with van der Waals surface area (Å²) in [6, 6.07) is 20.6. The van der Waals surface area contributed by atoms with Crippen molar-refractivity contribution in [1.29, 1.82) is 0 Å². The minimum Gasteiger partial charge on any atom is -0.493 e. The molecule has 2 bridgehead atoms. The maximum atomic E-state index is 13.9. The van der Waals surface area contributed by atoms with Crippen molar-refractivity contribution in [3.63, 3.8) is 0 Å². The average molecular weight is 486 g/mol. The van der Waals surface area contributed by atoms with Crippen molar-refractivity contribution in [3.05, 3.63) is 89.0 Å². The lowest BCUT2D eigenvalue weighted by atomic mass is 9.78. The van der Waals surface area contributed by atoms with Gasteiger partial charge in [-0.3, -0.25) is 9.69 Å². The molecule has 36 heavy (non-hydrogen) atoms. The van der Waals surface area contributed by atoms with E-state index in [1.807, 2.05) is 87.5 Å². The number of carbonyl (C=O) groups is 2. The molecule has 2 aliphatic rings. The highest BCUT2D eigenvalue weighted by atomic mass is 16.5. The van der Waals surface area contributed by atoms with Crippen LogP contribution in [0, 0.1) is 19.8 Å². The second kappa shape index (κ2) is 9.22. The fourth-order valence-electron chi connectivity index (χ4n) is 5.37. The molecule has 1 saturated heterocycles. The Balaban J connectivity index is 1.54. The minimum atomic E-state index is -1.23. The van der Waals surface area contributed by atoms with Crippen LogP contribution in [0.25, 0.3) is 0 Å². The first-order valence-corrected chi connectivity index (χ1v) is 12.2. The van der Waals surface area contributed by atoms with Gasteiger partial charge >= 0.3 is 6.03 Å². The van der Waals surface area contributed by atoms with Crippen LogP contribution in [-0.2, 0) is 11.2 Å². The second-order valence-electron chi connectivity index (χ2n) is 9.64. The van der Waals surface area contributed by atoms with Crippen molar-refractivity contribution >= 4 is 17.6 Å². The number of aryl methyl sites for hydroxylation is 2. The number of anilines is 1. The fraction of sp³-hybridized carbons (Fsp3) is 0.310. The van der Waals surface area contributed by atoms with E-state index in [1.165, 1.54) is 0 Å². The Morgan fingerprint density at radius 2 is 1.89 bits per heavy atom. The van der Waals surface area contributed by atoms with Crippen LogP contribution < -0.4 is 20.1 Å². The number of ether oxygens (including phenoxy) is 2. The first-order valence-electron chi connectivity index (χ1n) is 12.2. The third kappa shape index (κ3) is 4.04. The number of nitrogens with zero attached hydrogens (tertiary/aromatic N) is 1. The van der Waals surface area contributed by atoms with Crippen LogP contribution in [0.15, 0.2) is 66.7 Å². The molecule has 7 heteroatoms. The van der Waals surface area contributed by atoms with Gasteiger partial charge in [-0.05, 0) is 50.5 Å². The largest absolute Gasteiger partial charge is 0.493 e. The number of methoxy groups -OCH3 is 1. The quantitative estimate of drug-likeness (QED) is 0.516. The molecule has 0 unspecified atom stereocenters. The number of fused-ring (bicyclic) bond motifs is 4. The van der Waals surface area contributed by atoms with Gasteiger partial charge in [0.1, 0.15) is 5.92 Å². The lowest BCUT2D eigenvalue weighted by Gasteiger charge is -2.54. The van der Waals surface area contributed by atoms with Gasteiger partial charge < -0.3 is 20.1 Å².